The summed E-state index contributed by atoms with van der Waals surface area (Å²) in [6.45, 7) is 0.973. The van der Waals surface area contributed by atoms with Crippen molar-refractivity contribution in [2.45, 2.75) is 19.3 Å². The average molecular weight is 534 g/mol. The molecule has 0 atom stereocenters. The number of fused-ring (bicyclic) bond motifs is 1. The molecule has 0 aliphatic heterocycles. The highest BCUT2D eigenvalue weighted by atomic mass is 79.9. The van der Waals surface area contributed by atoms with Gasteiger partial charge in [0.15, 0.2) is 5.88 Å². The maximum atomic E-state index is 10.9. The normalized spacial score (nSPS) is 11.9. The summed E-state index contributed by atoms with van der Waals surface area (Å²) >= 11 is 3.49. The van der Waals surface area contributed by atoms with Gasteiger partial charge in [0.05, 0.1) is 22.5 Å². The molecule has 0 amide bonds. The van der Waals surface area contributed by atoms with Gasteiger partial charge in [0.25, 0.3) is 0 Å². The van der Waals surface area contributed by atoms with E-state index in [0.717, 1.165) is 45.2 Å². The van der Waals surface area contributed by atoms with Crippen LogP contribution in [-0.2, 0) is 17.6 Å². The van der Waals surface area contributed by atoms with Crippen LogP contribution in [0.5, 0.6) is 5.88 Å². The van der Waals surface area contributed by atoms with E-state index in [1.807, 2.05) is 54.6 Å². The summed E-state index contributed by atoms with van der Waals surface area (Å²) in [5.41, 5.74) is 5.87. The van der Waals surface area contributed by atoms with Crippen LogP contribution in [0.4, 0.5) is 5.69 Å². The van der Waals surface area contributed by atoms with Crippen LogP contribution in [-0.4, -0.2) is 52.4 Å². The number of aromatic nitrogens is 1. The number of nitrogens with one attached hydrogen (secondary N) is 1. The van der Waals surface area contributed by atoms with E-state index < -0.39 is 5.97 Å². The van der Waals surface area contributed by atoms with Crippen LogP contribution in [0.3, 0.4) is 0 Å². The molecule has 3 aromatic carbocycles. The van der Waals surface area contributed by atoms with Crippen LogP contribution in [0.2, 0.25) is 0 Å². The van der Waals surface area contributed by atoms with Crippen LogP contribution in [0.25, 0.3) is 10.9 Å². The van der Waals surface area contributed by atoms with E-state index in [0.29, 0.717) is 17.7 Å². The Bertz CT molecular complexity index is 1360. The molecule has 7 heteroatoms. The van der Waals surface area contributed by atoms with Gasteiger partial charge in [-0.3, -0.25) is 4.79 Å². The largest absolute Gasteiger partial charge is 0.494 e. The van der Waals surface area contributed by atoms with Crippen molar-refractivity contribution in [2.24, 2.45) is 4.99 Å². The number of nitrogens with zero attached hydrogens (tertiary/aromatic N) is 2. The molecule has 0 aliphatic carbocycles. The molecule has 1 aromatic heterocycles. The van der Waals surface area contributed by atoms with Crippen molar-refractivity contribution in [2.75, 3.05) is 20.6 Å². The summed E-state index contributed by atoms with van der Waals surface area (Å²) < 4.78 is 0.910. The number of carboxylic acids is 1. The highest BCUT2D eigenvalue weighted by Gasteiger charge is 2.19. The van der Waals surface area contributed by atoms with Crippen LogP contribution in [0, 0.1) is 0 Å². The molecular formula is C28H28BrN3O3. The molecule has 3 N–H and O–H groups in total. The van der Waals surface area contributed by atoms with Gasteiger partial charge >= 0.3 is 5.97 Å². The number of aryl methyl sites for hydroxylation is 1. The number of carboxylic acid groups (broad SMARTS) is 1. The second kappa shape index (κ2) is 10.9. The molecular weight excluding hydrogens is 506 g/mol. The van der Waals surface area contributed by atoms with Gasteiger partial charge < -0.3 is 20.1 Å². The zero-order chi connectivity index (χ0) is 24.9. The molecule has 4 rings (SSSR count). The number of hydrogen-bond donors (Lipinski definition) is 3. The lowest BCUT2D eigenvalue weighted by molar-refractivity contribution is -0.136. The summed E-state index contributed by atoms with van der Waals surface area (Å²) in [6, 6.07) is 21.7. The smallest absolute Gasteiger partial charge is 0.303 e. The maximum absolute atomic E-state index is 10.9. The van der Waals surface area contributed by atoms with E-state index >= 15 is 0 Å². The molecule has 35 heavy (non-hydrogen) atoms. The molecule has 0 bridgehead atoms. The van der Waals surface area contributed by atoms with Crippen LogP contribution >= 0.6 is 15.9 Å². The van der Waals surface area contributed by atoms with E-state index in [9.17, 15) is 9.90 Å². The second-order valence-corrected chi connectivity index (χ2v) is 9.72. The first kappa shape index (κ1) is 24.7. The number of hydrogen-bond acceptors (Lipinski definition) is 4. The minimum Gasteiger partial charge on any atom is -0.494 e. The lowest BCUT2D eigenvalue weighted by atomic mass is 9.98. The molecule has 4 aromatic rings. The van der Waals surface area contributed by atoms with Crippen LogP contribution < -0.4 is 0 Å². The Balaban J connectivity index is 1.76. The number of halogens is 1. The van der Waals surface area contributed by atoms with E-state index in [4.69, 9.17) is 10.1 Å². The summed E-state index contributed by atoms with van der Waals surface area (Å²) in [6.07, 6.45) is 1.50. The van der Waals surface area contributed by atoms with Crippen molar-refractivity contribution in [1.29, 1.82) is 0 Å². The minimum atomic E-state index is -0.819. The molecule has 0 unspecified atom stereocenters. The van der Waals surface area contributed by atoms with E-state index in [1.165, 1.54) is 5.56 Å². The molecule has 1 heterocycles. The standard InChI is InChI=1S/C28H28BrN3O3/c1-32(2)16-15-19-5-11-22(12-6-19)30-27(20-8-3-18(4-9-20)7-14-25(33)34)26-23-13-10-21(29)17-24(23)31-28(26)35/h3-6,8-13,17,31,35H,7,14-16H2,1-2H3,(H,33,34). The number of likely N-dealkylation sites (N-methyl/N-ethyl adjacent to an activating group) is 1. The van der Waals surface area contributed by atoms with Crippen molar-refractivity contribution in [1.82, 2.24) is 9.88 Å². The molecule has 0 saturated heterocycles. The fraction of sp³-hybridized carbons (Fsp3) is 0.214. The van der Waals surface area contributed by atoms with Crippen molar-refractivity contribution in [3.63, 3.8) is 0 Å². The molecule has 0 saturated carbocycles. The van der Waals surface area contributed by atoms with Crippen molar-refractivity contribution < 1.29 is 15.0 Å². The summed E-state index contributed by atoms with van der Waals surface area (Å²) in [5.74, 6) is -0.769. The quantitative estimate of drug-likeness (QED) is 0.233. The SMILES string of the molecule is CN(C)CCc1ccc(N=C(c2ccc(CCC(=O)O)cc2)c2c(O)[nH]c3cc(Br)ccc23)cc1. The zero-order valence-electron chi connectivity index (χ0n) is 19.8. The van der Waals surface area contributed by atoms with Gasteiger partial charge in [-0.25, -0.2) is 4.99 Å². The number of benzene rings is 3. The number of aromatic amines is 1. The second-order valence-electron chi connectivity index (χ2n) is 8.81. The third-order valence-corrected chi connectivity index (χ3v) is 6.35. The fourth-order valence-electron chi connectivity index (χ4n) is 3.96. The number of aliphatic imine (C=N–C) groups is 1. The highest BCUT2D eigenvalue weighted by Crippen LogP contribution is 2.33. The van der Waals surface area contributed by atoms with Crippen molar-refractivity contribution in [3.8, 4) is 5.88 Å². The lowest BCUT2D eigenvalue weighted by Gasteiger charge is -2.11. The van der Waals surface area contributed by atoms with Gasteiger partial charge in [0.1, 0.15) is 0 Å². The van der Waals surface area contributed by atoms with Crippen molar-refractivity contribution in [3.05, 3.63) is 93.5 Å². The number of aliphatic carboxylic acids is 1. The summed E-state index contributed by atoms with van der Waals surface area (Å²) in [4.78, 5) is 21.1. The minimum absolute atomic E-state index is 0.0504. The third kappa shape index (κ3) is 6.18. The lowest BCUT2D eigenvalue weighted by Crippen LogP contribution is -2.14. The van der Waals surface area contributed by atoms with Gasteiger partial charge in [-0.1, -0.05) is 58.4 Å². The molecule has 0 aliphatic rings. The molecule has 0 radical (unpaired) electrons. The summed E-state index contributed by atoms with van der Waals surface area (Å²) in [5, 5.41) is 20.7. The van der Waals surface area contributed by atoms with Gasteiger partial charge in [-0.2, -0.15) is 0 Å². The molecule has 6 nitrogen and oxygen atoms in total. The zero-order valence-corrected chi connectivity index (χ0v) is 21.3. The first-order valence-corrected chi connectivity index (χ1v) is 12.2. The van der Waals surface area contributed by atoms with E-state index in [2.05, 4.69) is 52.0 Å². The third-order valence-electron chi connectivity index (χ3n) is 5.86. The Kier molecular flexibility index (Phi) is 7.68. The fourth-order valence-corrected chi connectivity index (χ4v) is 4.32. The summed E-state index contributed by atoms with van der Waals surface area (Å²) in [7, 11) is 4.12. The van der Waals surface area contributed by atoms with E-state index in [-0.39, 0.29) is 12.3 Å². The topological polar surface area (TPSA) is 88.9 Å². The van der Waals surface area contributed by atoms with Gasteiger partial charge in [-0.05, 0) is 62.3 Å². The van der Waals surface area contributed by atoms with Crippen molar-refractivity contribution >= 4 is 44.2 Å². The Morgan fingerprint density at radius 3 is 2.29 bits per heavy atom. The Morgan fingerprint density at radius 2 is 1.63 bits per heavy atom. The number of carbonyl (C=O) groups is 1. The average Bonchev–Trinajstić information content (AvgIpc) is 3.15. The monoisotopic (exact) mass is 533 g/mol. The predicted octanol–water partition coefficient (Wildman–Crippen LogP) is 5.93. The molecule has 0 spiro atoms. The van der Waals surface area contributed by atoms with Crippen LogP contribution in [0.1, 0.15) is 28.7 Å². The predicted molar refractivity (Wildman–Crippen MR) is 144 cm³/mol. The first-order valence-electron chi connectivity index (χ1n) is 11.4. The van der Waals surface area contributed by atoms with Gasteiger partial charge in [0, 0.05) is 28.4 Å². The highest BCUT2D eigenvalue weighted by molar-refractivity contribution is 9.10. The molecule has 180 valence electrons. The van der Waals surface area contributed by atoms with Gasteiger partial charge in [-0.15, -0.1) is 0 Å². The Hall–Kier alpha value is -3.42. The number of rotatable bonds is 9. The Morgan fingerprint density at radius 1 is 0.971 bits per heavy atom. The molecule has 0 fully saturated rings. The number of aromatic hydroxyl groups is 1. The maximum Gasteiger partial charge on any atom is 0.303 e. The first-order chi connectivity index (χ1) is 16.8. The van der Waals surface area contributed by atoms with E-state index in [1.54, 1.807) is 0 Å². The van der Waals surface area contributed by atoms with Gasteiger partial charge in [0.2, 0.25) is 0 Å². The Labute approximate surface area is 213 Å². The van der Waals surface area contributed by atoms with Crippen LogP contribution in [0.15, 0.2) is 76.2 Å². The number of H-pyrrole nitrogens is 1.